The largest absolute Gasteiger partial charge is 0.505 e. The number of nitrogens with two attached hydrogens (primary N) is 1. The molecule has 0 bridgehead atoms. The van der Waals surface area contributed by atoms with Crippen LogP contribution in [0.25, 0.3) is 0 Å². The first-order chi connectivity index (χ1) is 13.7. The molecule has 5 N–H and O–H groups in total. The average molecular weight is 407 g/mol. The van der Waals surface area contributed by atoms with Crippen molar-refractivity contribution in [3.63, 3.8) is 0 Å². The van der Waals surface area contributed by atoms with Crippen LogP contribution in [0.1, 0.15) is 29.7 Å². The van der Waals surface area contributed by atoms with Crippen LogP contribution < -0.4 is 11.1 Å². The molecule has 0 fully saturated rings. The Hall–Kier alpha value is -3.53. The molecule has 0 heterocycles. The van der Waals surface area contributed by atoms with E-state index in [0.717, 1.165) is 12.1 Å². The summed E-state index contributed by atoms with van der Waals surface area (Å²) in [5, 5.41) is 20.6. The van der Waals surface area contributed by atoms with Crippen LogP contribution in [0.5, 0.6) is 5.75 Å². The van der Waals surface area contributed by atoms with Crippen molar-refractivity contribution in [3.8, 4) is 5.75 Å². The third-order valence-corrected chi connectivity index (χ3v) is 3.87. The number of nitrogens with zero attached hydrogens (tertiary/aromatic N) is 1. The minimum Gasteiger partial charge on any atom is -0.505 e. The molecule has 0 aromatic heterocycles. The van der Waals surface area contributed by atoms with Gasteiger partial charge in [0.2, 0.25) is 0 Å². The number of aliphatic imine (C=N–C) groups is 1. The van der Waals surface area contributed by atoms with Crippen LogP contribution in [0.4, 0.5) is 13.6 Å². The molecule has 10 heteroatoms. The number of carbonyl (C=O) groups excluding carboxylic acids is 1. The number of hydrogen-bond donors (Lipinski definition) is 4. The maximum absolute atomic E-state index is 14.2. The summed E-state index contributed by atoms with van der Waals surface area (Å²) >= 11 is 0. The number of ether oxygens (including phenoxy) is 1. The number of carbonyl (C=O) groups is 2. The summed E-state index contributed by atoms with van der Waals surface area (Å²) in [6.07, 6.45) is -3.02. The van der Waals surface area contributed by atoms with Gasteiger partial charge >= 0.3 is 6.09 Å². The van der Waals surface area contributed by atoms with Gasteiger partial charge in [0.25, 0.3) is 5.91 Å². The number of rotatable bonds is 7. The molecule has 0 spiro atoms. The zero-order valence-electron chi connectivity index (χ0n) is 15.4. The Bertz CT molecular complexity index is 932. The van der Waals surface area contributed by atoms with Gasteiger partial charge in [0.05, 0.1) is 5.56 Å². The summed E-state index contributed by atoms with van der Waals surface area (Å²) in [6.45, 7) is 1.56. The molecule has 0 aliphatic rings. The molecule has 0 saturated heterocycles. The Kier molecular flexibility index (Phi) is 7.21. The molecule has 0 aliphatic carbocycles. The summed E-state index contributed by atoms with van der Waals surface area (Å²) in [5.74, 6) is -4.07. The normalized spacial score (nSPS) is 12.4. The number of nitrogens with one attached hydrogen (secondary N) is 1. The molecule has 2 aromatic carbocycles. The number of halogens is 2. The average Bonchev–Trinajstić information content (AvgIpc) is 2.68. The van der Waals surface area contributed by atoms with Crippen LogP contribution >= 0.6 is 0 Å². The highest BCUT2D eigenvalue weighted by molar-refractivity contribution is 6.02. The highest BCUT2D eigenvalue weighted by Gasteiger charge is 2.29. The summed E-state index contributed by atoms with van der Waals surface area (Å²) in [6, 6.07) is 7.86. The van der Waals surface area contributed by atoms with E-state index >= 15 is 0 Å². The molecule has 154 valence electrons. The van der Waals surface area contributed by atoms with E-state index in [1.165, 1.54) is 12.1 Å². The van der Waals surface area contributed by atoms with Crippen LogP contribution in [-0.2, 0) is 16.1 Å². The molecule has 1 unspecified atom stereocenters. The van der Waals surface area contributed by atoms with Gasteiger partial charge in [-0.1, -0.05) is 24.3 Å². The van der Waals surface area contributed by atoms with Crippen LogP contribution in [0.3, 0.4) is 0 Å². The zero-order valence-corrected chi connectivity index (χ0v) is 15.4. The smallest absolute Gasteiger partial charge is 0.433 e. The summed E-state index contributed by atoms with van der Waals surface area (Å²) in [5.41, 5.74) is 5.84. The fourth-order valence-electron chi connectivity index (χ4n) is 2.50. The lowest BCUT2D eigenvalue weighted by Gasteiger charge is -2.19. The van der Waals surface area contributed by atoms with Gasteiger partial charge in [0.1, 0.15) is 11.7 Å². The van der Waals surface area contributed by atoms with Crippen molar-refractivity contribution in [2.45, 2.75) is 19.6 Å². The summed E-state index contributed by atoms with van der Waals surface area (Å²) in [4.78, 5) is 26.2. The van der Waals surface area contributed by atoms with Crippen molar-refractivity contribution < 1.29 is 33.3 Å². The minimum atomic E-state index is -1.59. The second-order valence-electron chi connectivity index (χ2n) is 5.82. The van der Waals surface area contributed by atoms with E-state index in [4.69, 9.17) is 15.6 Å². The predicted octanol–water partition coefficient (Wildman–Crippen LogP) is 2.45. The van der Waals surface area contributed by atoms with E-state index in [1.54, 1.807) is 19.1 Å². The highest BCUT2D eigenvalue weighted by atomic mass is 19.1. The van der Waals surface area contributed by atoms with E-state index in [2.05, 4.69) is 10.3 Å². The number of aromatic hydroxyl groups is 1. The van der Waals surface area contributed by atoms with Gasteiger partial charge in [-0.2, -0.15) is 4.99 Å². The van der Waals surface area contributed by atoms with Gasteiger partial charge in [-0.3, -0.25) is 4.79 Å². The van der Waals surface area contributed by atoms with E-state index < -0.39 is 41.1 Å². The SMILES string of the molecule is CCOC(C(=O)NCc1ccc(/C(N)=N\C(=O)O)cc1)c1c(F)ccc(O)c1F. The maximum Gasteiger partial charge on any atom is 0.433 e. The molecule has 8 nitrogen and oxygen atoms in total. The monoisotopic (exact) mass is 407 g/mol. The van der Waals surface area contributed by atoms with Crippen molar-refractivity contribution in [1.82, 2.24) is 5.32 Å². The van der Waals surface area contributed by atoms with Crippen molar-refractivity contribution in [3.05, 3.63) is 64.7 Å². The lowest BCUT2D eigenvalue weighted by molar-refractivity contribution is -0.133. The summed E-state index contributed by atoms with van der Waals surface area (Å²) < 4.78 is 33.4. The molecular weight excluding hydrogens is 388 g/mol. The molecule has 0 saturated carbocycles. The van der Waals surface area contributed by atoms with Gasteiger partial charge in [-0.05, 0) is 24.6 Å². The van der Waals surface area contributed by atoms with E-state index in [-0.39, 0.29) is 19.0 Å². The zero-order chi connectivity index (χ0) is 21.6. The van der Waals surface area contributed by atoms with Gasteiger partial charge in [0.15, 0.2) is 17.7 Å². The number of carboxylic acid groups (broad SMARTS) is 1. The van der Waals surface area contributed by atoms with Crippen LogP contribution in [-0.4, -0.2) is 34.7 Å². The number of benzene rings is 2. The maximum atomic E-state index is 14.2. The molecule has 0 radical (unpaired) electrons. The number of phenolic OH excluding ortho intramolecular Hbond substituents is 1. The molecule has 2 amide bonds. The number of hydrogen-bond acceptors (Lipinski definition) is 4. The topological polar surface area (TPSA) is 134 Å². The van der Waals surface area contributed by atoms with Crippen molar-refractivity contribution in [1.29, 1.82) is 0 Å². The Labute approximate surface area is 164 Å². The van der Waals surface area contributed by atoms with Gasteiger partial charge in [-0.25, -0.2) is 13.6 Å². The van der Waals surface area contributed by atoms with Crippen molar-refractivity contribution >= 4 is 17.8 Å². The third kappa shape index (κ3) is 5.48. The van der Waals surface area contributed by atoms with Crippen LogP contribution in [0.2, 0.25) is 0 Å². The third-order valence-electron chi connectivity index (χ3n) is 3.87. The molecule has 0 aliphatic heterocycles. The van der Waals surface area contributed by atoms with Gasteiger partial charge in [0, 0.05) is 18.7 Å². The molecule has 2 aromatic rings. The van der Waals surface area contributed by atoms with Crippen molar-refractivity contribution in [2.75, 3.05) is 6.61 Å². The Morgan fingerprint density at radius 2 is 1.86 bits per heavy atom. The number of phenols is 1. The van der Waals surface area contributed by atoms with E-state index in [0.29, 0.717) is 11.1 Å². The van der Waals surface area contributed by atoms with Gasteiger partial charge in [-0.15, -0.1) is 0 Å². The first-order valence-corrected chi connectivity index (χ1v) is 8.47. The molecule has 1 atom stereocenters. The lowest BCUT2D eigenvalue weighted by atomic mass is 10.1. The van der Waals surface area contributed by atoms with Crippen LogP contribution in [0, 0.1) is 11.6 Å². The summed E-state index contributed by atoms with van der Waals surface area (Å²) in [7, 11) is 0. The Morgan fingerprint density at radius 3 is 2.45 bits per heavy atom. The Balaban J connectivity index is 2.14. The molecule has 2 rings (SSSR count). The fourth-order valence-corrected chi connectivity index (χ4v) is 2.50. The highest BCUT2D eigenvalue weighted by Crippen LogP contribution is 2.29. The first kappa shape index (κ1) is 21.8. The van der Waals surface area contributed by atoms with Crippen LogP contribution in [0.15, 0.2) is 41.4 Å². The second-order valence-corrected chi connectivity index (χ2v) is 5.82. The predicted molar refractivity (Wildman–Crippen MR) is 99.4 cm³/mol. The standard InChI is InChI=1S/C19H19F2N3O5/c1-2-29-16(14-12(20)7-8-13(25)15(14)21)18(26)23-9-10-3-5-11(6-4-10)17(22)24-19(27)28/h3-8,16,25H,2,9H2,1H3,(H2,22,24)(H,23,26)(H,27,28). The first-order valence-electron chi connectivity index (χ1n) is 8.47. The van der Waals surface area contributed by atoms with Crippen molar-refractivity contribution in [2.24, 2.45) is 10.7 Å². The Morgan fingerprint density at radius 1 is 1.21 bits per heavy atom. The van der Waals surface area contributed by atoms with E-state index in [9.17, 15) is 23.5 Å². The number of amidine groups is 1. The van der Waals surface area contributed by atoms with Gasteiger partial charge < -0.3 is 26.0 Å². The second kappa shape index (κ2) is 9.60. The number of amides is 2. The molecular formula is C19H19F2N3O5. The quantitative estimate of drug-likeness (QED) is 0.411. The van der Waals surface area contributed by atoms with E-state index in [1.807, 2.05) is 0 Å². The fraction of sp³-hybridized carbons (Fsp3) is 0.211. The molecule has 29 heavy (non-hydrogen) atoms. The lowest BCUT2D eigenvalue weighted by Crippen LogP contribution is -2.31. The minimum absolute atomic E-state index is 0.000714.